The molecule has 0 bridgehead atoms. The van der Waals surface area contributed by atoms with E-state index >= 15 is 0 Å². The van der Waals surface area contributed by atoms with Crippen molar-refractivity contribution >= 4 is 12.4 Å². The molecule has 13 heavy (non-hydrogen) atoms. The van der Waals surface area contributed by atoms with E-state index in [9.17, 15) is 0 Å². The number of halogens is 1. The van der Waals surface area contributed by atoms with Crippen LogP contribution in [-0.4, -0.2) is 16.8 Å². The number of nitrogens with two attached hydrogens (primary N) is 1. The summed E-state index contributed by atoms with van der Waals surface area (Å²) in [5.41, 5.74) is 7.31. The fraction of sp³-hybridized carbons (Fsp3) is 0.333. The molecule has 0 aliphatic rings. The van der Waals surface area contributed by atoms with Crippen LogP contribution in [0.15, 0.2) is 12.1 Å². The zero-order chi connectivity index (χ0) is 9.14. The SMILES string of the molecule is Cc1cc(O)c(O)cc1CCN.Cl. The lowest BCUT2D eigenvalue weighted by atomic mass is 10.1. The number of phenols is 2. The molecule has 0 saturated heterocycles. The zero-order valence-electron chi connectivity index (χ0n) is 7.45. The largest absolute Gasteiger partial charge is 0.504 e. The van der Waals surface area contributed by atoms with Gasteiger partial charge in [0.2, 0.25) is 0 Å². The average molecular weight is 204 g/mol. The molecule has 0 aliphatic heterocycles. The van der Waals surface area contributed by atoms with E-state index in [0.717, 1.165) is 17.5 Å². The van der Waals surface area contributed by atoms with E-state index < -0.39 is 0 Å². The molecule has 0 unspecified atom stereocenters. The number of aromatic hydroxyl groups is 2. The van der Waals surface area contributed by atoms with Crippen LogP contribution in [0.25, 0.3) is 0 Å². The normalized spacial score (nSPS) is 9.38. The molecular weight excluding hydrogens is 190 g/mol. The van der Waals surface area contributed by atoms with Crippen LogP contribution < -0.4 is 5.73 Å². The van der Waals surface area contributed by atoms with Gasteiger partial charge in [-0.2, -0.15) is 0 Å². The Morgan fingerprint density at radius 1 is 1.23 bits per heavy atom. The highest BCUT2D eigenvalue weighted by Gasteiger charge is 2.03. The lowest BCUT2D eigenvalue weighted by Crippen LogP contribution is -2.03. The van der Waals surface area contributed by atoms with Gasteiger partial charge in [0, 0.05) is 0 Å². The van der Waals surface area contributed by atoms with Gasteiger partial charge in [-0.05, 0) is 43.1 Å². The summed E-state index contributed by atoms with van der Waals surface area (Å²) in [7, 11) is 0. The molecule has 1 rings (SSSR count). The van der Waals surface area contributed by atoms with E-state index in [0.29, 0.717) is 6.54 Å². The number of hydrogen-bond acceptors (Lipinski definition) is 3. The van der Waals surface area contributed by atoms with Gasteiger partial charge in [-0.25, -0.2) is 0 Å². The molecule has 3 nitrogen and oxygen atoms in total. The van der Waals surface area contributed by atoms with Crippen LogP contribution in [0, 0.1) is 6.92 Å². The predicted octanol–water partition coefficient (Wildman–Crippen LogP) is 1.33. The molecule has 0 amide bonds. The summed E-state index contributed by atoms with van der Waals surface area (Å²) in [5.74, 6) is -0.155. The summed E-state index contributed by atoms with van der Waals surface area (Å²) in [6, 6.07) is 3.10. The summed E-state index contributed by atoms with van der Waals surface area (Å²) in [6.07, 6.45) is 0.722. The van der Waals surface area contributed by atoms with Crippen molar-refractivity contribution in [2.24, 2.45) is 5.73 Å². The van der Waals surface area contributed by atoms with E-state index in [1.165, 1.54) is 0 Å². The van der Waals surface area contributed by atoms with Gasteiger partial charge in [-0.3, -0.25) is 0 Å². The number of benzene rings is 1. The second-order valence-electron chi connectivity index (χ2n) is 2.81. The van der Waals surface area contributed by atoms with E-state index in [-0.39, 0.29) is 23.9 Å². The van der Waals surface area contributed by atoms with Gasteiger partial charge in [0.25, 0.3) is 0 Å². The minimum atomic E-state index is -0.0796. The van der Waals surface area contributed by atoms with Gasteiger partial charge in [-0.1, -0.05) is 0 Å². The van der Waals surface area contributed by atoms with Gasteiger partial charge >= 0.3 is 0 Å². The Balaban J connectivity index is 0.00000144. The highest BCUT2D eigenvalue weighted by molar-refractivity contribution is 5.85. The third-order valence-electron chi connectivity index (χ3n) is 1.85. The Morgan fingerprint density at radius 3 is 2.31 bits per heavy atom. The molecular formula is C9H14ClNO2. The van der Waals surface area contributed by atoms with Crippen LogP contribution in [0.4, 0.5) is 0 Å². The summed E-state index contributed by atoms with van der Waals surface area (Å²) in [6.45, 7) is 2.43. The van der Waals surface area contributed by atoms with E-state index in [4.69, 9.17) is 15.9 Å². The number of aryl methyl sites for hydroxylation is 1. The lowest BCUT2D eigenvalue weighted by Gasteiger charge is -2.06. The topological polar surface area (TPSA) is 66.5 Å². The molecule has 0 atom stereocenters. The molecule has 0 aliphatic carbocycles. The minimum absolute atomic E-state index is 0. The smallest absolute Gasteiger partial charge is 0.157 e. The average Bonchev–Trinajstić information content (AvgIpc) is 2.01. The zero-order valence-corrected chi connectivity index (χ0v) is 8.27. The minimum Gasteiger partial charge on any atom is -0.504 e. The summed E-state index contributed by atoms with van der Waals surface area (Å²) >= 11 is 0. The third-order valence-corrected chi connectivity index (χ3v) is 1.85. The van der Waals surface area contributed by atoms with E-state index in [2.05, 4.69) is 0 Å². The maximum Gasteiger partial charge on any atom is 0.157 e. The van der Waals surface area contributed by atoms with Crippen molar-refractivity contribution in [1.82, 2.24) is 0 Å². The molecule has 4 heteroatoms. The fourth-order valence-corrected chi connectivity index (χ4v) is 1.15. The van der Waals surface area contributed by atoms with Crippen LogP contribution in [0.3, 0.4) is 0 Å². The third kappa shape index (κ3) is 2.79. The summed E-state index contributed by atoms with van der Waals surface area (Å²) < 4.78 is 0. The molecule has 0 heterocycles. The maximum atomic E-state index is 9.16. The van der Waals surface area contributed by atoms with Crippen molar-refractivity contribution in [2.75, 3.05) is 6.54 Å². The van der Waals surface area contributed by atoms with Gasteiger partial charge < -0.3 is 15.9 Å². The standard InChI is InChI=1S/C9H13NO2.ClH/c1-6-4-8(11)9(12)5-7(6)2-3-10;/h4-5,11-12H,2-3,10H2,1H3;1H. The first kappa shape index (κ1) is 12.1. The van der Waals surface area contributed by atoms with Crippen molar-refractivity contribution in [3.05, 3.63) is 23.3 Å². The van der Waals surface area contributed by atoms with Crippen molar-refractivity contribution in [3.63, 3.8) is 0 Å². The molecule has 0 radical (unpaired) electrons. The Kier molecular flexibility index (Phi) is 4.59. The van der Waals surface area contributed by atoms with Crippen molar-refractivity contribution < 1.29 is 10.2 Å². The molecule has 4 N–H and O–H groups in total. The summed E-state index contributed by atoms with van der Waals surface area (Å²) in [5, 5.41) is 18.3. The quantitative estimate of drug-likeness (QED) is 0.636. The van der Waals surface area contributed by atoms with Gasteiger partial charge in [0.15, 0.2) is 11.5 Å². The highest BCUT2D eigenvalue weighted by Crippen LogP contribution is 2.27. The van der Waals surface area contributed by atoms with Gasteiger partial charge in [0.05, 0.1) is 0 Å². The van der Waals surface area contributed by atoms with Crippen LogP contribution in [0.5, 0.6) is 11.5 Å². The second-order valence-corrected chi connectivity index (χ2v) is 2.81. The summed E-state index contributed by atoms with van der Waals surface area (Å²) in [4.78, 5) is 0. The maximum absolute atomic E-state index is 9.16. The Bertz CT molecular complexity index is 289. The van der Waals surface area contributed by atoms with Gasteiger partial charge in [-0.15, -0.1) is 12.4 Å². The van der Waals surface area contributed by atoms with Crippen LogP contribution in [0.2, 0.25) is 0 Å². The van der Waals surface area contributed by atoms with Gasteiger partial charge in [0.1, 0.15) is 0 Å². The van der Waals surface area contributed by atoms with Crippen LogP contribution in [-0.2, 0) is 6.42 Å². The van der Waals surface area contributed by atoms with E-state index in [1.54, 1.807) is 12.1 Å². The molecule has 74 valence electrons. The first-order valence-corrected chi connectivity index (χ1v) is 3.86. The molecule has 1 aromatic carbocycles. The number of phenolic OH excluding ortho intramolecular Hbond substituents is 2. The van der Waals surface area contributed by atoms with Crippen molar-refractivity contribution in [1.29, 1.82) is 0 Å². The highest BCUT2D eigenvalue weighted by atomic mass is 35.5. The van der Waals surface area contributed by atoms with E-state index in [1.807, 2.05) is 6.92 Å². The monoisotopic (exact) mass is 203 g/mol. The Labute approximate surface area is 83.6 Å². The van der Waals surface area contributed by atoms with Crippen LogP contribution >= 0.6 is 12.4 Å². The predicted molar refractivity (Wildman–Crippen MR) is 54.5 cm³/mol. The second kappa shape index (κ2) is 4.94. The molecule has 0 saturated carbocycles. The first-order chi connectivity index (χ1) is 5.65. The lowest BCUT2D eigenvalue weighted by molar-refractivity contribution is 0.402. The first-order valence-electron chi connectivity index (χ1n) is 3.86. The number of hydrogen-bond donors (Lipinski definition) is 3. The fourth-order valence-electron chi connectivity index (χ4n) is 1.15. The molecule has 0 fully saturated rings. The number of rotatable bonds is 2. The Morgan fingerprint density at radius 2 is 1.77 bits per heavy atom. The molecule has 0 aromatic heterocycles. The van der Waals surface area contributed by atoms with Crippen LogP contribution in [0.1, 0.15) is 11.1 Å². The molecule has 1 aromatic rings. The van der Waals surface area contributed by atoms with Crippen molar-refractivity contribution in [2.45, 2.75) is 13.3 Å². The molecule has 0 spiro atoms. The Hall–Kier alpha value is -0.930. The van der Waals surface area contributed by atoms with Crippen molar-refractivity contribution in [3.8, 4) is 11.5 Å².